The van der Waals surface area contributed by atoms with Gasteiger partial charge in [0.05, 0.1) is 18.6 Å². The molecule has 1 atom stereocenters. The van der Waals surface area contributed by atoms with Crippen molar-refractivity contribution in [2.24, 2.45) is 4.99 Å². The molecule has 0 aliphatic carbocycles. The van der Waals surface area contributed by atoms with Crippen LogP contribution in [0.3, 0.4) is 0 Å². The second-order valence-electron chi connectivity index (χ2n) is 6.45. The Hall–Kier alpha value is -3.11. The number of methoxy groups -OCH3 is 2. The van der Waals surface area contributed by atoms with Crippen molar-refractivity contribution in [1.82, 2.24) is 4.72 Å². The lowest BCUT2D eigenvalue weighted by Gasteiger charge is -2.14. The molecule has 0 unspecified atom stereocenters. The molecule has 160 valence electrons. The van der Waals surface area contributed by atoms with Crippen molar-refractivity contribution < 1.29 is 27.4 Å². The van der Waals surface area contributed by atoms with E-state index >= 15 is 0 Å². The molecule has 1 aliphatic heterocycles. The van der Waals surface area contributed by atoms with E-state index in [1.165, 1.54) is 13.2 Å². The summed E-state index contributed by atoms with van der Waals surface area (Å²) in [5, 5.41) is 2.75. The third kappa shape index (κ3) is 4.71. The summed E-state index contributed by atoms with van der Waals surface area (Å²) in [6, 6.07) is 10.6. The maximum Gasteiger partial charge on any atom is 0.263 e. The number of hydrogen-bond acceptors (Lipinski definition) is 7. The Morgan fingerprint density at radius 3 is 2.63 bits per heavy atom. The molecule has 0 bridgehead atoms. The number of benzene rings is 2. The number of nitrogens with one attached hydrogen (secondary N) is 2. The first-order chi connectivity index (χ1) is 14.4. The van der Waals surface area contributed by atoms with E-state index < -0.39 is 22.0 Å². The second kappa shape index (κ2) is 9.14. The number of fused-ring (bicyclic) bond motifs is 1. The molecule has 1 aliphatic rings. The Kier molecular flexibility index (Phi) is 6.58. The highest BCUT2D eigenvalue weighted by Crippen LogP contribution is 2.30. The van der Waals surface area contributed by atoms with Crippen molar-refractivity contribution in [2.75, 3.05) is 32.8 Å². The standard InChI is InChI=1S/C20H23N3O6S/c1-13(21-19-15-6-4-5-7-18(15)30(25,26)23-19)20(24)22-14-8-9-16(28-3)17(12-14)29-11-10-27-2/h4-9,12-13H,10-11H2,1-3H3,(H,21,23)(H,22,24)/t13-/m0/s1. The Morgan fingerprint density at radius 2 is 1.90 bits per heavy atom. The van der Waals surface area contributed by atoms with Crippen LogP contribution in [0.1, 0.15) is 12.5 Å². The SMILES string of the molecule is COCCOc1cc(NC(=O)[C@H](C)N=C2NS(=O)(=O)c3ccccc32)ccc1OC. The van der Waals surface area contributed by atoms with Gasteiger partial charge in [-0.05, 0) is 31.2 Å². The summed E-state index contributed by atoms with van der Waals surface area (Å²) in [6.45, 7) is 2.32. The fourth-order valence-corrected chi connectivity index (χ4v) is 4.07. The van der Waals surface area contributed by atoms with E-state index in [1.807, 2.05) is 0 Å². The van der Waals surface area contributed by atoms with Gasteiger partial charge in [0, 0.05) is 24.4 Å². The maximum atomic E-state index is 12.6. The van der Waals surface area contributed by atoms with Crippen LogP contribution in [0.15, 0.2) is 52.4 Å². The zero-order chi connectivity index (χ0) is 21.7. The monoisotopic (exact) mass is 433 g/mol. The lowest BCUT2D eigenvalue weighted by molar-refractivity contribution is -0.117. The van der Waals surface area contributed by atoms with E-state index in [1.54, 1.807) is 50.4 Å². The Morgan fingerprint density at radius 1 is 1.13 bits per heavy atom. The zero-order valence-corrected chi connectivity index (χ0v) is 17.7. The van der Waals surface area contributed by atoms with Gasteiger partial charge in [0.25, 0.3) is 10.0 Å². The van der Waals surface area contributed by atoms with Gasteiger partial charge in [-0.2, -0.15) is 0 Å². The number of anilines is 1. The first-order valence-corrected chi connectivity index (χ1v) is 10.6. The van der Waals surface area contributed by atoms with Gasteiger partial charge in [-0.15, -0.1) is 0 Å². The van der Waals surface area contributed by atoms with E-state index in [4.69, 9.17) is 14.2 Å². The molecule has 0 spiro atoms. The van der Waals surface area contributed by atoms with Crippen LogP contribution in [0.4, 0.5) is 5.69 Å². The molecule has 1 heterocycles. The van der Waals surface area contributed by atoms with E-state index in [2.05, 4.69) is 15.0 Å². The topological polar surface area (TPSA) is 115 Å². The van der Waals surface area contributed by atoms with Gasteiger partial charge < -0.3 is 19.5 Å². The minimum Gasteiger partial charge on any atom is -0.493 e. The molecule has 2 aromatic rings. The van der Waals surface area contributed by atoms with Gasteiger partial charge in [0.15, 0.2) is 11.5 Å². The molecule has 3 rings (SSSR count). The number of ether oxygens (including phenoxy) is 3. The van der Waals surface area contributed by atoms with Crippen LogP contribution in [-0.4, -0.2) is 53.6 Å². The molecular formula is C20H23N3O6S. The summed E-state index contributed by atoms with van der Waals surface area (Å²) in [6.07, 6.45) is 0. The number of carbonyl (C=O) groups excluding carboxylic acids is 1. The van der Waals surface area contributed by atoms with Crippen molar-refractivity contribution in [1.29, 1.82) is 0 Å². The number of carbonyl (C=O) groups is 1. The predicted molar refractivity (Wildman–Crippen MR) is 112 cm³/mol. The van der Waals surface area contributed by atoms with E-state index in [-0.39, 0.29) is 10.7 Å². The Balaban J connectivity index is 1.75. The quantitative estimate of drug-likeness (QED) is 0.614. The summed E-state index contributed by atoms with van der Waals surface area (Å²) in [5.74, 6) is 0.726. The molecular weight excluding hydrogens is 410 g/mol. The number of sulfonamides is 1. The minimum atomic E-state index is -3.66. The summed E-state index contributed by atoms with van der Waals surface area (Å²) in [7, 11) is -0.567. The van der Waals surface area contributed by atoms with E-state index in [0.717, 1.165) is 0 Å². The van der Waals surface area contributed by atoms with Crippen LogP contribution in [0.2, 0.25) is 0 Å². The van der Waals surface area contributed by atoms with Crippen molar-refractivity contribution in [3.05, 3.63) is 48.0 Å². The summed E-state index contributed by atoms with van der Waals surface area (Å²) >= 11 is 0. The van der Waals surface area contributed by atoms with Crippen molar-refractivity contribution in [2.45, 2.75) is 17.9 Å². The molecule has 0 fully saturated rings. The van der Waals surface area contributed by atoms with Crippen molar-refractivity contribution in [3.63, 3.8) is 0 Å². The van der Waals surface area contributed by atoms with E-state index in [9.17, 15) is 13.2 Å². The Labute approximate surface area is 175 Å². The average Bonchev–Trinajstić information content (AvgIpc) is 2.98. The molecule has 0 saturated carbocycles. The molecule has 10 heteroatoms. The number of amides is 1. The highest BCUT2D eigenvalue weighted by molar-refractivity contribution is 7.90. The molecule has 0 radical (unpaired) electrons. The third-order valence-electron chi connectivity index (χ3n) is 4.34. The third-order valence-corrected chi connectivity index (χ3v) is 5.74. The van der Waals surface area contributed by atoms with Gasteiger partial charge in [-0.3, -0.25) is 14.5 Å². The van der Waals surface area contributed by atoms with Crippen molar-refractivity contribution >= 4 is 27.5 Å². The van der Waals surface area contributed by atoms with Gasteiger partial charge >= 0.3 is 0 Å². The molecule has 2 aromatic carbocycles. The number of rotatable bonds is 8. The lowest BCUT2D eigenvalue weighted by atomic mass is 10.2. The second-order valence-corrected chi connectivity index (χ2v) is 8.10. The smallest absolute Gasteiger partial charge is 0.263 e. The zero-order valence-electron chi connectivity index (χ0n) is 16.8. The van der Waals surface area contributed by atoms with Crippen LogP contribution in [0, 0.1) is 0 Å². The molecule has 0 aromatic heterocycles. The number of hydrogen-bond donors (Lipinski definition) is 2. The first-order valence-electron chi connectivity index (χ1n) is 9.16. The van der Waals surface area contributed by atoms with Gasteiger partial charge in [-0.1, -0.05) is 12.1 Å². The van der Waals surface area contributed by atoms with Crippen LogP contribution < -0.4 is 19.5 Å². The summed E-state index contributed by atoms with van der Waals surface area (Å²) in [5.41, 5.74) is 0.933. The summed E-state index contributed by atoms with van der Waals surface area (Å²) < 4.78 is 42.6. The first kappa shape index (κ1) is 21.6. The number of amidine groups is 1. The highest BCUT2D eigenvalue weighted by Gasteiger charge is 2.31. The number of nitrogens with zero attached hydrogens (tertiary/aromatic N) is 1. The lowest BCUT2D eigenvalue weighted by Crippen LogP contribution is -2.28. The van der Waals surface area contributed by atoms with Crippen LogP contribution in [0.5, 0.6) is 11.5 Å². The largest absolute Gasteiger partial charge is 0.493 e. The van der Waals surface area contributed by atoms with E-state index in [0.29, 0.717) is 36.0 Å². The minimum absolute atomic E-state index is 0.143. The molecule has 2 N–H and O–H groups in total. The number of aliphatic imine (C=N–C) groups is 1. The molecule has 1 amide bonds. The van der Waals surface area contributed by atoms with Gasteiger partial charge in [0.2, 0.25) is 5.91 Å². The fourth-order valence-electron chi connectivity index (χ4n) is 2.83. The van der Waals surface area contributed by atoms with Crippen LogP contribution >= 0.6 is 0 Å². The highest BCUT2D eigenvalue weighted by atomic mass is 32.2. The molecule has 0 saturated heterocycles. The predicted octanol–water partition coefficient (Wildman–Crippen LogP) is 1.79. The van der Waals surface area contributed by atoms with Crippen molar-refractivity contribution in [3.8, 4) is 11.5 Å². The van der Waals surface area contributed by atoms with Gasteiger partial charge in [0.1, 0.15) is 18.5 Å². The fraction of sp³-hybridized carbons (Fsp3) is 0.300. The molecule has 9 nitrogen and oxygen atoms in total. The Bertz CT molecular complexity index is 1070. The van der Waals surface area contributed by atoms with Gasteiger partial charge in [-0.25, -0.2) is 8.42 Å². The summed E-state index contributed by atoms with van der Waals surface area (Å²) in [4.78, 5) is 17.0. The normalized spacial score (nSPS) is 16.4. The maximum absolute atomic E-state index is 12.6. The van der Waals surface area contributed by atoms with Crippen LogP contribution in [0.25, 0.3) is 0 Å². The van der Waals surface area contributed by atoms with Crippen LogP contribution in [-0.2, 0) is 19.6 Å². The molecule has 30 heavy (non-hydrogen) atoms. The average molecular weight is 433 g/mol.